The van der Waals surface area contributed by atoms with Gasteiger partial charge in [0.1, 0.15) is 11.6 Å². The summed E-state index contributed by atoms with van der Waals surface area (Å²) in [4.78, 5) is 23.5. The first-order valence-electron chi connectivity index (χ1n) is 8.20. The molecule has 0 aliphatic rings. The summed E-state index contributed by atoms with van der Waals surface area (Å²) >= 11 is 0.838. The van der Waals surface area contributed by atoms with E-state index in [1.165, 1.54) is 26.2 Å². The van der Waals surface area contributed by atoms with Gasteiger partial charge in [-0.1, -0.05) is 18.7 Å². The summed E-state index contributed by atoms with van der Waals surface area (Å²) in [6.07, 6.45) is 0.0751. The van der Waals surface area contributed by atoms with Crippen molar-refractivity contribution in [2.24, 2.45) is 5.92 Å². The van der Waals surface area contributed by atoms with E-state index >= 15 is 0 Å². The van der Waals surface area contributed by atoms with Crippen molar-refractivity contribution in [3.63, 3.8) is 0 Å². The number of esters is 1. The molecule has 1 atom stereocenters. The molecule has 0 saturated heterocycles. The maximum absolute atomic E-state index is 14.7. The molecule has 0 aliphatic carbocycles. The maximum Gasteiger partial charge on any atom is 0.308 e. The van der Waals surface area contributed by atoms with Crippen molar-refractivity contribution in [3.8, 4) is 17.6 Å². The normalized spacial score (nSPS) is 11.4. The SMILES string of the molecule is COC(=O)C(C)Cc1cc(SC(C)=O)cc(F)c1Oc1cc(F)cc(C#N)c1. The molecule has 0 fully saturated rings. The Morgan fingerprint density at radius 3 is 2.54 bits per heavy atom. The van der Waals surface area contributed by atoms with E-state index in [2.05, 4.69) is 0 Å². The number of hydrogen-bond donors (Lipinski definition) is 0. The lowest BCUT2D eigenvalue weighted by molar-refractivity contribution is -0.144. The van der Waals surface area contributed by atoms with Crippen molar-refractivity contribution in [1.82, 2.24) is 0 Å². The van der Waals surface area contributed by atoms with E-state index in [0.29, 0.717) is 10.5 Å². The fraction of sp³-hybridized carbons (Fsp3) is 0.250. The number of nitrogens with zero attached hydrogens (tertiary/aromatic N) is 1. The van der Waals surface area contributed by atoms with E-state index < -0.39 is 23.5 Å². The molecule has 0 heterocycles. The predicted octanol–water partition coefficient (Wildman–Crippen LogP) is 4.62. The second-order valence-corrected chi connectivity index (χ2v) is 7.26. The maximum atomic E-state index is 14.7. The first-order chi connectivity index (χ1) is 13.2. The van der Waals surface area contributed by atoms with Crippen molar-refractivity contribution >= 4 is 22.8 Å². The monoisotopic (exact) mass is 405 g/mol. The van der Waals surface area contributed by atoms with Gasteiger partial charge in [-0.15, -0.1) is 0 Å². The Balaban J connectivity index is 2.48. The third-order valence-electron chi connectivity index (χ3n) is 3.71. The number of carbonyl (C=O) groups excluding carboxylic acids is 2. The van der Waals surface area contributed by atoms with Crippen LogP contribution in [0.4, 0.5) is 8.78 Å². The first-order valence-corrected chi connectivity index (χ1v) is 9.02. The Labute approximate surface area is 165 Å². The van der Waals surface area contributed by atoms with Crippen LogP contribution in [0, 0.1) is 28.9 Å². The van der Waals surface area contributed by atoms with Gasteiger partial charge in [-0.2, -0.15) is 5.26 Å². The van der Waals surface area contributed by atoms with Crippen molar-refractivity contribution in [1.29, 1.82) is 5.26 Å². The minimum Gasteiger partial charge on any atom is -0.469 e. The molecule has 0 aliphatic heterocycles. The van der Waals surface area contributed by atoms with Gasteiger partial charge in [-0.3, -0.25) is 9.59 Å². The van der Waals surface area contributed by atoms with Crippen LogP contribution in [0.25, 0.3) is 0 Å². The van der Waals surface area contributed by atoms with Crippen LogP contribution in [0.15, 0.2) is 35.2 Å². The number of halogens is 2. The molecule has 2 aromatic rings. The van der Waals surface area contributed by atoms with Crippen LogP contribution in [0.3, 0.4) is 0 Å². The summed E-state index contributed by atoms with van der Waals surface area (Å²) in [5.41, 5.74) is 0.327. The molecule has 0 aromatic heterocycles. The van der Waals surface area contributed by atoms with Gasteiger partial charge in [-0.05, 0) is 36.2 Å². The summed E-state index contributed by atoms with van der Waals surface area (Å²) in [6, 6.07) is 7.77. The van der Waals surface area contributed by atoms with Crippen LogP contribution in [-0.4, -0.2) is 18.2 Å². The number of carbonyl (C=O) groups is 2. The second kappa shape index (κ2) is 9.33. The zero-order chi connectivity index (χ0) is 20.8. The highest BCUT2D eigenvalue weighted by Gasteiger charge is 2.21. The van der Waals surface area contributed by atoms with Crippen LogP contribution in [0.1, 0.15) is 25.0 Å². The fourth-order valence-corrected chi connectivity index (χ4v) is 3.23. The minimum absolute atomic E-state index is 0.0173. The lowest BCUT2D eigenvalue weighted by Crippen LogP contribution is -2.15. The van der Waals surface area contributed by atoms with Crippen molar-refractivity contribution in [2.75, 3.05) is 7.11 Å². The third-order valence-corrected chi connectivity index (χ3v) is 4.46. The largest absolute Gasteiger partial charge is 0.469 e. The van der Waals surface area contributed by atoms with Gasteiger partial charge in [0.05, 0.1) is 24.7 Å². The highest BCUT2D eigenvalue weighted by Crippen LogP contribution is 2.35. The summed E-state index contributed by atoms with van der Waals surface area (Å²) in [6.45, 7) is 2.95. The molecule has 5 nitrogen and oxygen atoms in total. The molecule has 146 valence electrons. The molecule has 8 heteroatoms. The summed E-state index contributed by atoms with van der Waals surface area (Å²) < 4.78 is 38.6. The Morgan fingerprint density at radius 2 is 1.93 bits per heavy atom. The van der Waals surface area contributed by atoms with Crippen LogP contribution >= 0.6 is 11.8 Å². The minimum atomic E-state index is -0.777. The van der Waals surface area contributed by atoms with Gasteiger partial charge >= 0.3 is 5.97 Å². The molecule has 0 N–H and O–H groups in total. The fourth-order valence-electron chi connectivity index (χ4n) is 2.53. The lowest BCUT2D eigenvalue weighted by atomic mass is 10.00. The smallest absolute Gasteiger partial charge is 0.308 e. The summed E-state index contributed by atoms with van der Waals surface area (Å²) in [7, 11) is 1.25. The molecule has 0 amide bonds. The number of thioether (sulfide) groups is 1. The Hall–Kier alpha value is -2.92. The Bertz CT molecular complexity index is 956. The van der Waals surface area contributed by atoms with Gasteiger partial charge < -0.3 is 9.47 Å². The third kappa shape index (κ3) is 5.54. The number of benzene rings is 2. The molecule has 0 radical (unpaired) electrons. The van der Waals surface area contributed by atoms with Gasteiger partial charge in [-0.25, -0.2) is 8.78 Å². The quantitative estimate of drug-likeness (QED) is 0.516. The average molecular weight is 405 g/mol. The van der Waals surface area contributed by atoms with E-state index in [0.717, 1.165) is 30.0 Å². The molecule has 2 rings (SSSR count). The van der Waals surface area contributed by atoms with Crippen LogP contribution in [0.5, 0.6) is 11.5 Å². The van der Waals surface area contributed by atoms with Crippen molar-refractivity contribution in [2.45, 2.75) is 25.2 Å². The number of ether oxygens (including phenoxy) is 2. The van der Waals surface area contributed by atoms with E-state index in [1.807, 2.05) is 0 Å². The van der Waals surface area contributed by atoms with Crippen LogP contribution < -0.4 is 4.74 Å². The second-order valence-electron chi connectivity index (χ2n) is 6.00. The van der Waals surface area contributed by atoms with Crippen molar-refractivity contribution in [3.05, 3.63) is 53.1 Å². The van der Waals surface area contributed by atoms with Crippen molar-refractivity contribution < 1.29 is 27.8 Å². The number of nitriles is 1. The summed E-state index contributed by atoms with van der Waals surface area (Å²) in [5.74, 6) is -2.85. The lowest BCUT2D eigenvalue weighted by Gasteiger charge is -2.16. The Kier molecular flexibility index (Phi) is 7.12. The first kappa shape index (κ1) is 21.4. The highest BCUT2D eigenvalue weighted by atomic mass is 32.2. The zero-order valence-electron chi connectivity index (χ0n) is 15.4. The van der Waals surface area contributed by atoms with Gasteiger partial charge in [0, 0.05) is 17.9 Å². The van der Waals surface area contributed by atoms with Gasteiger partial charge in [0.2, 0.25) is 0 Å². The number of methoxy groups -OCH3 is 1. The van der Waals surface area contributed by atoms with E-state index in [4.69, 9.17) is 14.7 Å². The van der Waals surface area contributed by atoms with E-state index in [9.17, 15) is 18.4 Å². The van der Waals surface area contributed by atoms with Crippen LogP contribution in [0.2, 0.25) is 0 Å². The molecule has 0 bridgehead atoms. The molecule has 28 heavy (non-hydrogen) atoms. The molecule has 1 unspecified atom stereocenters. The number of rotatable bonds is 6. The van der Waals surface area contributed by atoms with Gasteiger partial charge in [0.15, 0.2) is 16.7 Å². The Morgan fingerprint density at radius 1 is 1.21 bits per heavy atom. The molecule has 0 saturated carbocycles. The van der Waals surface area contributed by atoms with E-state index in [-0.39, 0.29) is 28.6 Å². The van der Waals surface area contributed by atoms with E-state index in [1.54, 1.807) is 13.0 Å². The topological polar surface area (TPSA) is 76.4 Å². The molecular weight excluding hydrogens is 388 g/mol. The molecule has 0 spiro atoms. The van der Waals surface area contributed by atoms with Gasteiger partial charge in [0.25, 0.3) is 0 Å². The highest BCUT2D eigenvalue weighted by molar-refractivity contribution is 8.13. The van der Waals surface area contributed by atoms with Crippen LogP contribution in [-0.2, 0) is 20.7 Å². The molecule has 2 aromatic carbocycles. The average Bonchev–Trinajstić information content (AvgIpc) is 2.62. The molecular formula is C20H17F2NO4S. The summed E-state index contributed by atoms with van der Waals surface area (Å²) in [5, 5.41) is 8.72. The predicted molar refractivity (Wildman–Crippen MR) is 99.0 cm³/mol. The zero-order valence-corrected chi connectivity index (χ0v) is 16.2. The standard InChI is InChI=1S/C20H17F2NO4S/c1-11(20(25)26-3)4-14-7-17(28-12(2)24)9-18(22)19(14)27-16-6-13(10-23)5-15(21)8-16/h5-9,11H,4H2,1-3H3. The number of hydrogen-bond acceptors (Lipinski definition) is 6.